The normalized spacial score (nSPS) is 17.6. The number of β-amino-alcohol motifs (C(OH)–C–C–N with tert-alkyl or cyclic N) is 1. The lowest BCUT2D eigenvalue weighted by molar-refractivity contribution is -0.144. The number of carbonyl (C=O) groups excluding carboxylic acids is 5. The third-order valence-corrected chi connectivity index (χ3v) is 16.1. The van der Waals surface area contributed by atoms with Gasteiger partial charge in [-0.05, 0) is 74.2 Å². The Bertz CT molecular complexity index is 3220. The van der Waals surface area contributed by atoms with E-state index in [9.17, 15) is 47.0 Å². The van der Waals surface area contributed by atoms with E-state index in [1.165, 1.54) is 23.1 Å². The Hall–Kier alpha value is -7.17. The molecule has 2 aliphatic heterocycles. The first kappa shape index (κ1) is 68.3. The molecule has 88 heavy (non-hydrogen) atoms. The van der Waals surface area contributed by atoms with Crippen LogP contribution in [-0.2, 0) is 50.8 Å². The summed E-state index contributed by atoms with van der Waals surface area (Å²) in [5.74, 6) is -3.69. The maximum Gasteiger partial charge on any atom is 0.417 e. The van der Waals surface area contributed by atoms with Crippen molar-refractivity contribution in [3.8, 4) is 21.6 Å². The summed E-state index contributed by atoms with van der Waals surface area (Å²) in [5.41, 5.74) is 1.72. The summed E-state index contributed by atoms with van der Waals surface area (Å²) in [5, 5.41) is 21.6. The van der Waals surface area contributed by atoms with Gasteiger partial charge in [0, 0.05) is 81.0 Å². The number of halogens is 4. The molecule has 2 aliphatic rings. The maximum atomic E-state index is 15.8. The monoisotopic (exact) mass is 1250 g/mol. The number of aliphatic hydroxyl groups is 1. The summed E-state index contributed by atoms with van der Waals surface area (Å²) in [6, 6.07) is 15.1. The SMILES string of the molecule is Cc1ncsc1-c1ccc(CNC(=O)[C@@H]2C[C@@H](O)CN2C(=O)C(NC(=O)CCOCCOCCOCCOCCOCCNC(=O)c2ccc(-c3ccc(N4C[C@@H](C)N(C)[C@@H](C)C4)c(NC(=O)c4c[nH]c(=O)cc4C(F)(F)F)c3)c(F)c2)C(C)(C)C)cc1. The molecule has 4 heterocycles. The minimum Gasteiger partial charge on any atom is -0.391 e. The van der Waals surface area contributed by atoms with Crippen molar-refractivity contribution in [1.82, 2.24) is 35.7 Å². The van der Waals surface area contributed by atoms with Gasteiger partial charge < -0.3 is 64.8 Å². The summed E-state index contributed by atoms with van der Waals surface area (Å²) >= 11 is 1.56. The fourth-order valence-corrected chi connectivity index (χ4v) is 11.0. The number of aliphatic hydroxyl groups excluding tert-OH is 1. The second kappa shape index (κ2) is 31.8. The molecule has 1 unspecified atom stereocenters. The molecule has 0 saturated carbocycles. The first-order chi connectivity index (χ1) is 41.9. The number of amides is 5. The number of H-pyrrole nitrogens is 1. The number of nitrogens with one attached hydrogen (secondary N) is 5. The molecular formula is C62H79F4N9O12S. The van der Waals surface area contributed by atoms with E-state index in [2.05, 4.69) is 36.1 Å². The van der Waals surface area contributed by atoms with Crippen LogP contribution < -0.4 is 31.7 Å². The molecule has 0 aliphatic carbocycles. The van der Waals surface area contributed by atoms with Gasteiger partial charge in [0.05, 0.1) is 111 Å². The maximum absolute atomic E-state index is 15.8. The van der Waals surface area contributed by atoms with Crippen LogP contribution in [0.2, 0.25) is 0 Å². The highest BCUT2D eigenvalue weighted by atomic mass is 32.1. The van der Waals surface area contributed by atoms with E-state index in [0.29, 0.717) is 57.5 Å². The minimum absolute atomic E-state index is 0.0166. The smallest absolute Gasteiger partial charge is 0.391 e. The molecule has 2 saturated heterocycles. The van der Waals surface area contributed by atoms with E-state index < -0.39 is 75.9 Å². The molecule has 2 aromatic heterocycles. The number of likely N-dealkylation sites (tertiary alicyclic amines) is 1. The number of piperazine rings is 1. The number of aromatic amines is 1. The molecule has 7 rings (SSSR count). The van der Waals surface area contributed by atoms with Crippen LogP contribution in [0.25, 0.3) is 21.6 Å². The summed E-state index contributed by atoms with van der Waals surface area (Å²) in [6.45, 7) is 15.2. The second-order valence-electron chi connectivity index (χ2n) is 22.8. The van der Waals surface area contributed by atoms with Crippen molar-refractivity contribution in [2.24, 2.45) is 5.41 Å². The van der Waals surface area contributed by atoms with E-state index in [-0.39, 0.29) is 112 Å². The molecule has 6 N–H and O–H groups in total. The van der Waals surface area contributed by atoms with Gasteiger partial charge >= 0.3 is 6.18 Å². The summed E-state index contributed by atoms with van der Waals surface area (Å²) in [7, 11) is 1.99. The Kier molecular flexibility index (Phi) is 24.7. The standard InChI is InChI=1S/C62H79F4N9O12S/c1-38-34-74(35-39(2)73(38)7)51-15-13-43(29-50(51)71-58(80)47-33-68-54(78)31-48(47)62(64,65)66)46-14-12-44(28-49(46)63)57(79)67-17-19-84-21-23-86-25-27-87-26-24-85-22-20-83-18-16-53(77)72-56(61(4,5)6)60(82)75-36-45(76)30-52(75)59(81)69-32-41-8-10-42(11-9-41)55-40(3)70-37-88-55/h8-15,28-29,31,33,37-39,45,52,56,76H,16-27,30,32,34-36H2,1-7H3,(H,67,79)(H,68,78)(H,69,81)(H,71,80)(H,72,77)/t38-,39+,45-,52+,56?/m1/s1. The zero-order valence-corrected chi connectivity index (χ0v) is 51.4. The number of carbonyl (C=O) groups is 5. The van der Waals surface area contributed by atoms with Gasteiger partial charge in [-0.1, -0.05) is 57.2 Å². The summed E-state index contributed by atoms with van der Waals surface area (Å²) < 4.78 is 85.4. The molecule has 0 bridgehead atoms. The average molecular weight is 1250 g/mol. The number of pyridine rings is 1. The van der Waals surface area contributed by atoms with E-state index in [0.717, 1.165) is 27.8 Å². The Morgan fingerprint density at radius 1 is 0.784 bits per heavy atom. The number of hydrogen-bond donors (Lipinski definition) is 6. The third-order valence-electron chi connectivity index (χ3n) is 15.2. The molecule has 21 nitrogen and oxygen atoms in total. The third kappa shape index (κ3) is 19.2. The topological polar surface area (TPSA) is 255 Å². The Morgan fingerprint density at radius 3 is 1.99 bits per heavy atom. The van der Waals surface area contributed by atoms with Crippen molar-refractivity contribution in [1.29, 1.82) is 0 Å². The Balaban J connectivity index is 0.733. The van der Waals surface area contributed by atoms with Crippen LogP contribution in [0, 0.1) is 18.2 Å². The molecule has 0 radical (unpaired) electrons. The largest absolute Gasteiger partial charge is 0.417 e. The van der Waals surface area contributed by atoms with E-state index in [1.807, 2.05) is 77.8 Å². The number of aromatic nitrogens is 2. The number of aryl methyl sites for hydroxylation is 1. The van der Waals surface area contributed by atoms with Crippen LogP contribution in [0.3, 0.4) is 0 Å². The molecule has 2 fully saturated rings. The number of rotatable bonds is 29. The second-order valence-corrected chi connectivity index (χ2v) is 23.6. The van der Waals surface area contributed by atoms with Crippen molar-refractivity contribution in [3.63, 3.8) is 0 Å². The number of thiazole rings is 1. The fourth-order valence-electron chi connectivity index (χ4n) is 10.2. The van der Waals surface area contributed by atoms with Gasteiger partial charge in [-0.2, -0.15) is 13.2 Å². The molecule has 5 aromatic rings. The first-order valence-corrected chi connectivity index (χ1v) is 30.0. The first-order valence-electron chi connectivity index (χ1n) is 29.1. The quantitative estimate of drug-likeness (QED) is 0.0223. The van der Waals surface area contributed by atoms with Crippen LogP contribution in [0.1, 0.15) is 85.0 Å². The van der Waals surface area contributed by atoms with Gasteiger partial charge in [0.25, 0.3) is 11.8 Å². The zero-order chi connectivity index (χ0) is 63.7. The van der Waals surface area contributed by atoms with Crippen molar-refractivity contribution in [2.45, 2.75) is 97.4 Å². The Morgan fingerprint density at radius 2 is 1.40 bits per heavy atom. The van der Waals surface area contributed by atoms with Crippen LogP contribution in [0.15, 0.2) is 83.2 Å². The highest BCUT2D eigenvalue weighted by molar-refractivity contribution is 7.13. The number of ether oxygens (including phenoxy) is 5. The number of hydrogen-bond acceptors (Lipinski definition) is 16. The van der Waals surface area contributed by atoms with Gasteiger partial charge in [0.15, 0.2) is 0 Å². The van der Waals surface area contributed by atoms with Crippen LogP contribution in [0.4, 0.5) is 28.9 Å². The molecule has 3 aromatic carbocycles. The van der Waals surface area contributed by atoms with E-state index >= 15 is 4.39 Å². The number of anilines is 2. The van der Waals surface area contributed by atoms with Crippen LogP contribution >= 0.6 is 11.3 Å². The van der Waals surface area contributed by atoms with Gasteiger partial charge in [-0.3, -0.25) is 33.7 Å². The van der Waals surface area contributed by atoms with Gasteiger partial charge in [0.2, 0.25) is 23.3 Å². The van der Waals surface area contributed by atoms with E-state index in [4.69, 9.17) is 23.7 Å². The van der Waals surface area contributed by atoms with E-state index in [1.54, 1.807) is 29.0 Å². The highest BCUT2D eigenvalue weighted by Crippen LogP contribution is 2.37. The fraction of sp³-hybridized carbons (Fsp3) is 0.500. The number of nitrogens with zero attached hydrogens (tertiary/aromatic N) is 4. The van der Waals surface area contributed by atoms with Crippen molar-refractivity contribution >= 4 is 52.2 Å². The molecule has 0 spiro atoms. The Labute approximate surface area is 512 Å². The zero-order valence-electron chi connectivity index (χ0n) is 50.6. The van der Waals surface area contributed by atoms with Gasteiger partial charge in [-0.25, -0.2) is 9.37 Å². The van der Waals surface area contributed by atoms with Gasteiger partial charge in [0.1, 0.15) is 17.9 Å². The van der Waals surface area contributed by atoms with Crippen molar-refractivity contribution < 1.29 is 70.3 Å². The predicted molar refractivity (Wildman–Crippen MR) is 323 cm³/mol. The lowest BCUT2D eigenvalue weighted by Crippen LogP contribution is -2.57. The van der Waals surface area contributed by atoms with Crippen molar-refractivity contribution in [2.75, 3.05) is 110 Å². The number of benzene rings is 3. The lowest BCUT2D eigenvalue weighted by atomic mass is 9.85. The predicted octanol–water partition coefficient (Wildman–Crippen LogP) is 6.42. The molecule has 26 heteroatoms. The molecule has 478 valence electrons. The van der Waals surface area contributed by atoms with Crippen molar-refractivity contribution in [3.05, 3.63) is 123 Å². The average Bonchev–Trinajstić information content (AvgIpc) is 2.99. The van der Waals surface area contributed by atoms with Crippen LogP contribution in [0.5, 0.6) is 0 Å². The molecule has 5 amide bonds. The lowest BCUT2D eigenvalue weighted by Gasteiger charge is -2.44. The number of alkyl halides is 3. The van der Waals surface area contributed by atoms with Gasteiger partial charge in [-0.15, -0.1) is 11.3 Å². The molecular weight excluding hydrogens is 1170 g/mol. The van der Waals surface area contributed by atoms with Crippen LogP contribution in [-0.4, -0.2) is 184 Å². The summed E-state index contributed by atoms with van der Waals surface area (Å²) in [6.07, 6.45) is -5.12. The summed E-state index contributed by atoms with van der Waals surface area (Å²) in [4.78, 5) is 91.8. The molecule has 5 atom stereocenters. The minimum atomic E-state index is -4.99. The highest BCUT2D eigenvalue weighted by Gasteiger charge is 2.45. The number of likely N-dealkylation sites (N-methyl/N-ethyl adjacent to an activating group) is 1.